The maximum Gasteiger partial charge on any atom is 0.332 e. The smallest absolute Gasteiger partial charge is 0.332 e. The molecule has 2 aliphatic rings. The zero-order valence-corrected chi connectivity index (χ0v) is 19.4. The highest BCUT2D eigenvalue weighted by molar-refractivity contribution is 6.28. The third-order valence-electron chi connectivity index (χ3n) is 5.76. The van der Waals surface area contributed by atoms with Crippen LogP contribution < -0.4 is 22.0 Å². The highest BCUT2D eigenvalue weighted by Gasteiger charge is 2.20. The Morgan fingerprint density at radius 1 is 0.939 bits per heavy atom. The number of fused-ring (bicyclic) bond motifs is 2. The Labute approximate surface area is 192 Å². The van der Waals surface area contributed by atoms with Crippen molar-refractivity contribution in [2.45, 2.75) is 52.2 Å². The molecule has 0 spiro atoms. The Kier molecular flexibility index (Phi) is 6.11. The van der Waals surface area contributed by atoms with Crippen molar-refractivity contribution in [2.75, 3.05) is 0 Å². The number of hydrogen-bond donors (Lipinski definition) is 0. The number of halogens is 1. The van der Waals surface area contributed by atoms with E-state index in [0.717, 1.165) is 28.4 Å². The molecule has 0 bridgehead atoms. The minimum absolute atomic E-state index is 0.0630. The maximum atomic E-state index is 13.1. The Bertz CT molecular complexity index is 1470. The summed E-state index contributed by atoms with van der Waals surface area (Å²) in [6, 6.07) is 0. The van der Waals surface area contributed by atoms with E-state index in [1.54, 1.807) is 11.6 Å². The summed E-state index contributed by atoms with van der Waals surface area (Å²) in [6.07, 6.45) is 4.52. The lowest BCUT2D eigenvalue weighted by molar-refractivity contribution is -0.279. The maximum absolute atomic E-state index is 13.1. The molecule has 0 radical (unpaired) electrons. The second kappa shape index (κ2) is 8.85. The quantitative estimate of drug-likeness (QED) is 0.264. The summed E-state index contributed by atoms with van der Waals surface area (Å²) < 4.78 is 6.53. The number of hydrogen-bond acceptors (Lipinski definition) is 7. The van der Waals surface area contributed by atoms with Crippen LogP contribution in [0.2, 0.25) is 5.28 Å². The molecule has 0 unspecified atom stereocenters. The van der Waals surface area contributed by atoms with Crippen molar-refractivity contribution in [3.63, 3.8) is 0 Å². The van der Waals surface area contributed by atoms with Crippen LogP contribution in [0.25, 0.3) is 22.7 Å². The van der Waals surface area contributed by atoms with E-state index in [9.17, 15) is 19.5 Å². The first-order valence-corrected chi connectivity index (χ1v) is 11.1. The van der Waals surface area contributed by atoms with Crippen LogP contribution in [0.15, 0.2) is 20.7 Å². The molecule has 2 aliphatic heterocycles. The van der Waals surface area contributed by atoms with E-state index in [0.29, 0.717) is 19.5 Å². The van der Waals surface area contributed by atoms with E-state index >= 15 is 0 Å². The van der Waals surface area contributed by atoms with E-state index in [2.05, 4.69) is 21.9 Å². The van der Waals surface area contributed by atoms with Gasteiger partial charge in [-0.2, -0.15) is 4.98 Å². The summed E-state index contributed by atoms with van der Waals surface area (Å²) >= 11 is 5.92. The molecular weight excluding hydrogens is 452 g/mol. The minimum Gasteiger partial charge on any atom is -0.858 e. The molecule has 33 heavy (non-hydrogen) atoms. The van der Waals surface area contributed by atoms with Gasteiger partial charge in [0.2, 0.25) is 5.28 Å². The first kappa shape index (κ1) is 22.8. The second-order valence-corrected chi connectivity index (χ2v) is 8.27. The molecule has 0 aliphatic carbocycles. The predicted molar refractivity (Wildman–Crippen MR) is 120 cm³/mol. The molecule has 0 amide bonds. The third kappa shape index (κ3) is 3.84. The molecule has 2 aromatic rings. The van der Waals surface area contributed by atoms with Crippen molar-refractivity contribution in [2.24, 2.45) is 14.1 Å². The van der Waals surface area contributed by atoms with Crippen LogP contribution in [0.1, 0.15) is 32.6 Å². The van der Waals surface area contributed by atoms with Gasteiger partial charge < -0.3 is 14.2 Å². The van der Waals surface area contributed by atoms with Gasteiger partial charge in [-0.15, -0.1) is 0 Å². The van der Waals surface area contributed by atoms with Crippen molar-refractivity contribution in [3.8, 4) is 17.4 Å². The zero-order chi connectivity index (χ0) is 23.9. The van der Waals surface area contributed by atoms with Gasteiger partial charge in [0.15, 0.2) is 17.0 Å². The molecular formula is C20H24ClN8O4-. The number of rotatable bonds is 8. The van der Waals surface area contributed by atoms with Crippen LogP contribution in [0.3, 0.4) is 0 Å². The fraction of sp³-hybridized carbons (Fsp3) is 0.500. The first-order valence-electron chi connectivity index (χ1n) is 10.7. The summed E-state index contributed by atoms with van der Waals surface area (Å²) in [6.45, 7) is 2.90. The fourth-order valence-corrected chi connectivity index (χ4v) is 4.14. The molecule has 12 nitrogen and oxygen atoms in total. The lowest BCUT2D eigenvalue weighted by Crippen LogP contribution is -2.37. The minimum atomic E-state index is -0.546. The Hall–Kier alpha value is -3.41. The van der Waals surface area contributed by atoms with Crippen molar-refractivity contribution >= 4 is 22.8 Å². The van der Waals surface area contributed by atoms with Crippen molar-refractivity contribution in [1.29, 1.82) is 0 Å². The Morgan fingerprint density at radius 3 is 2.39 bits per heavy atom. The largest absolute Gasteiger partial charge is 0.858 e. The van der Waals surface area contributed by atoms with Gasteiger partial charge in [-0.25, -0.2) is 19.6 Å². The lowest BCUT2D eigenvalue weighted by Gasteiger charge is -2.22. The number of unbranched alkanes of at least 4 members (excludes halogenated alkanes) is 2. The van der Waals surface area contributed by atoms with Gasteiger partial charge in [-0.1, -0.05) is 19.8 Å². The fourth-order valence-electron chi connectivity index (χ4n) is 3.97. The first-order chi connectivity index (χ1) is 15.8. The van der Waals surface area contributed by atoms with Crippen LogP contribution in [-0.2, 0) is 33.7 Å². The number of imidazole rings is 2. The van der Waals surface area contributed by atoms with Crippen molar-refractivity contribution in [1.82, 2.24) is 37.8 Å². The van der Waals surface area contributed by atoms with Gasteiger partial charge in [-0.3, -0.25) is 18.5 Å². The highest BCUT2D eigenvalue weighted by Crippen LogP contribution is 2.27. The number of aryl methyl sites for hydroxylation is 2. The van der Waals surface area contributed by atoms with Crippen LogP contribution >= 0.6 is 11.6 Å². The average molecular weight is 476 g/mol. The van der Waals surface area contributed by atoms with Gasteiger partial charge in [0.1, 0.15) is 5.69 Å². The lowest BCUT2D eigenvalue weighted by atomic mass is 10.2. The number of nitrogens with zero attached hydrogens (tertiary/aromatic N) is 8. The SMILES string of the molecule is CCCCCn1c2nc(Cl)nc-2c([O-])n(CCCn2cnc3c2c(=O)n(C)c(=O)n3C)c1=O. The molecule has 176 valence electrons. The molecule has 2 aromatic heterocycles. The highest BCUT2D eigenvalue weighted by atomic mass is 35.5. The summed E-state index contributed by atoms with van der Waals surface area (Å²) in [7, 11) is 2.95. The van der Waals surface area contributed by atoms with E-state index in [-0.39, 0.29) is 34.5 Å². The molecule has 0 saturated carbocycles. The van der Waals surface area contributed by atoms with Crippen LogP contribution in [0.5, 0.6) is 5.88 Å². The van der Waals surface area contributed by atoms with E-state index < -0.39 is 22.8 Å². The molecule has 13 heteroatoms. The molecule has 0 aromatic carbocycles. The van der Waals surface area contributed by atoms with Gasteiger partial charge in [0, 0.05) is 33.7 Å². The molecule has 0 fully saturated rings. The molecule has 0 atom stereocenters. The van der Waals surface area contributed by atoms with Gasteiger partial charge in [0.25, 0.3) is 5.56 Å². The van der Waals surface area contributed by atoms with E-state index in [1.807, 2.05) is 0 Å². The average Bonchev–Trinajstić information content (AvgIpc) is 3.39. The Balaban J connectivity index is 1.66. The number of aromatic nitrogens is 8. The van der Waals surface area contributed by atoms with Crippen molar-refractivity contribution in [3.05, 3.63) is 42.9 Å². The van der Waals surface area contributed by atoms with E-state index in [1.165, 1.54) is 22.5 Å². The van der Waals surface area contributed by atoms with Crippen molar-refractivity contribution < 1.29 is 5.11 Å². The normalized spacial score (nSPS) is 11.8. The molecule has 0 N–H and O–H groups in total. The van der Waals surface area contributed by atoms with Crippen LogP contribution in [0.4, 0.5) is 0 Å². The van der Waals surface area contributed by atoms with Gasteiger partial charge >= 0.3 is 11.4 Å². The van der Waals surface area contributed by atoms with Crippen LogP contribution in [-0.4, -0.2) is 37.8 Å². The van der Waals surface area contributed by atoms with Gasteiger partial charge in [0.05, 0.1) is 6.33 Å². The van der Waals surface area contributed by atoms with E-state index in [4.69, 9.17) is 11.6 Å². The summed E-state index contributed by atoms with van der Waals surface area (Å²) in [4.78, 5) is 50.1. The van der Waals surface area contributed by atoms with Crippen LogP contribution in [0, 0.1) is 0 Å². The van der Waals surface area contributed by atoms with Gasteiger partial charge in [-0.05, 0) is 30.3 Å². The Morgan fingerprint density at radius 2 is 1.67 bits per heavy atom. The topological polar surface area (TPSA) is 138 Å². The molecule has 4 rings (SSSR count). The summed E-state index contributed by atoms with van der Waals surface area (Å²) in [5, 5.41) is 12.8. The summed E-state index contributed by atoms with van der Waals surface area (Å²) in [5.74, 6) is -0.345. The third-order valence-corrected chi connectivity index (χ3v) is 5.93. The zero-order valence-electron chi connectivity index (χ0n) is 18.6. The molecule has 0 saturated heterocycles. The monoisotopic (exact) mass is 475 g/mol. The predicted octanol–water partition coefficient (Wildman–Crippen LogP) is 0.299. The second-order valence-electron chi connectivity index (χ2n) is 7.93. The summed E-state index contributed by atoms with van der Waals surface area (Å²) in [5.41, 5.74) is -0.753. The standard InChI is InChI=1S/C20H25ClN8O4/c1-4-5-6-9-28-14-12(23-18(21)24-14)16(30)29(20(28)33)10-7-8-27-11-22-15-13(27)17(31)26(3)19(32)25(15)2/h11,30H,4-10H2,1-3H3/p-1. The molecule has 4 heterocycles.